The van der Waals surface area contributed by atoms with Gasteiger partial charge < -0.3 is 10.6 Å². The average molecular weight is 368 g/mol. The number of amides is 1. The van der Waals surface area contributed by atoms with E-state index in [2.05, 4.69) is 25.8 Å². The first kappa shape index (κ1) is 17.9. The Balaban J connectivity index is 1.46. The smallest absolute Gasteiger partial charge is 0.223 e. The van der Waals surface area contributed by atoms with Gasteiger partial charge in [-0.1, -0.05) is 12.8 Å². The number of carbonyl (C=O) groups excluding carboxylic acids is 1. The van der Waals surface area contributed by atoms with Gasteiger partial charge in [-0.25, -0.2) is 9.97 Å². The van der Waals surface area contributed by atoms with Gasteiger partial charge in [0.05, 0.1) is 11.9 Å². The molecule has 0 bridgehead atoms. The highest BCUT2D eigenvalue weighted by Crippen LogP contribution is 2.36. The standard InChI is InChI=1S/C20H28N6O/c1-13(27)23-16-8-6-14(7-9-16)19-17(12-22-26-19)18-10-11-21-20(25-18)24-15-4-2-3-5-15/h10-12,14-16H,2-9H2,1H3,(H,22,26)(H,23,27)(H,21,24,25). The van der Waals surface area contributed by atoms with Crippen molar-refractivity contribution in [3.05, 3.63) is 24.2 Å². The average Bonchev–Trinajstić information content (AvgIpc) is 3.34. The van der Waals surface area contributed by atoms with Crippen LogP contribution in [0.5, 0.6) is 0 Å². The van der Waals surface area contributed by atoms with Gasteiger partial charge in [0, 0.05) is 42.4 Å². The maximum atomic E-state index is 11.3. The summed E-state index contributed by atoms with van der Waals surface area (Å²) >= 11 is 0. The number of nitrogens with zero attached hydrogens (tertiary/aromatic N) is 3. The summed E-state index contributed by atoms with van der Waals surface area (Å²) in [7, 11) is 0. The van der Waals surface area contributed by atoms with Crippen LogP contribution in [-0.2, 0) is 4.79 Å². The zero-order chi connectivity index (χ0) is 18.6. The van der Waals surface area contributed by atoms with Gasteiger partial charge in [0.1, 0.15) is 0 Å². The van der Waals surface area contributed by atoms with E-state index in [1.165, 1.54) is 25.7 Å². The highest BCUT2D eigenvalue weighted by molar-refractivity contribution is 5.73. The lowest BCUT2D eigenvalue weighted by molar-refractivity contribution is -0.119. The van der Waals surface area contributed by atoms with E-state index in [9.17, 15) is 4.79 Å². The molecule has 0 atom stereocenters. The Morgan fingerprint density at radius 2 is 1.89 bits per heavy atom. The molecule has 27 heavy (non-hydrogen) atoms. The van der Waals surface area contributed by atoms with Crippen molar-refractivity contribution in [1.29, 1.82) is 0 Å². The van der Waals surface area contributed by atoms with E-state index < -0.39 is 0 Å². The molecule has 0 radical (unpaired) electrons. The minimum atomic E-state index is 0.0592. The molecule has 2 aliphatic rings. The summed E-state index contributed by atoms with van der Waals surface area (Å²) in [6, 6.07) is 2.75. The zero-order valence-electron chi connectivity index (χ0n) is 15.9. The minimum absolute atomic E-state index is 0.0592. The molecule has 3 N–H and O–H groups in total. The Bertz CT molecular complexity index is 774. The molecular weight excluding hydrogens is 340 g/mol. The summed E-state index contributed by atoms with van der Waals surface area (Å²) in [4.78, 5) is 20.4. The minimum Gasteiger partial charge on any atom is -0.354 e. The molecule has 2 aliphatic carbocycles. The van der Waals surface area contributed by atoms with Crippen LogP contribution in [-0.4, -0.2) is 38.2 Å². The normalized spacial score (nSPS) is 23.3. The van der Waals surface area contributed by atoms with Gasteiger partial charge in [0.15, 0.2) is 0 Å². The fourth-order valence-corrected chi connectivity index (χ4v) is 4.46. The lowest BCUT2D eigenvalue weighted by Gasteiger charge is -2.28. The monoisotopic (exact) mass is 368 g/mol. The number of aromatic amines is 1. The molecular formula is C20H28N6O. The van der Waals surface area contributed by atoms with Crippen LogP contribution in [0.25, 0.3) is 11.3 Å². The van der Waals surface area contributed by atoms with Gasteiger partial charge in [-0.15, -0.1) is 0 Å². The fraction of sp³-hybridized carbons (Fsp3) is 0.600. The van der Waals surface area contributed by atoms with Crippen LogP contribution in [0.4, 0.5) is 5.95 Å². The quantitative estimate of drug-likeness (QED) is 0.752. The van der Waals surface area contributed by atoms with Crippen LogP contribution in [0, 0.1) is 0 Å². The maximum absolute atomic E-state index is 11.3. The van der Waals surface area contributed by atoms with E-state index in [-0.39, 0.29) is 5.91 Å². The van der Waals surface area contributed by atoms with E-state index in [4.69, 9.17) is 4.98 Å². The molecule has 2 fully saturated rings. The van der Waals surface area contributed by atoms with Gasteiger partial charge in [0.2, 0.25) is 11.9 Å². The SMILES string of the molecule is CC(=O)NC1CCC(c2[nH]ncc2-c2ccnc(NC3CCCC3)n2)CC1. The van der Waals surface area contributed by atoms with Gasteiger partial charge >= 0.3 is 0 Å². The molecule has 2 aromatic rings. The van der Waals surface area contributed by atoms with Crippen LogP contribution in [0.2, 0.25) is 0 Å². The molecule has 0 aliphatic heterocycles. The van der Waals surface area contributed by atoms with Crippen molar-refractivity contribution >= 4 is 11.9 Å². The molecule has 1 amide bonds. The van der Waals surface area contributed by atoms with Gasteiger partial charge in [-0.3, -0.25) is 9.89 Å². The highest BCUT2D eigenvalue weighted by Gasteiger charge is 2.26. The van der Waals surface area contributed by atoms with Gasteiger partial charge in [0.25, 0.3) is 0 Å². The third-order valence-electron chi connectivity index (χ3n) is 5.83. The summed E-state index contributed by atoms with van der Waals surface area (Å²) in [6.07, 6.45) is 12.7. The Kier molecular flexibility index (Phi) is 5.36. The Morgan fingerprint density at radius 3 is 2.63 bits per heavy atom. The van der Waals surface area contributed by atoms with Gasteiger partial charge in [-0.05, 0) is 44.6 Å². The van der Waals surface area contributed by atoms with Crippen LogP contribution in [0.15, 0.2) is 18.5 Å². The van der Waals surface area contributed by atoms with E-state index in [0.717, 1.165) is 42.6 Å². The highest BCUT2D eigenvalue weighted by atomic mass is 16.1. The summed E-state index contributed by atoms with van der Waals surface area (Å²) in [5.41, 5.74) is 3.13. The number of aromatic nitrogens is 4. The number of rotatable bonds is 5. The van der Waals surface area contributed by atoms with E-state index in [1.54, 1.807) is 6.92 Å². The van der Waals surface area contributed by atoms with Crippen molar-refractivity contribution in [2.75, 3.05) is 5.32 Å². The van der Waals surface area contributed by atoms with Crippen molar-refractivity contribution in [2.45, 2.75) is 76.3 Å². The van der Waals surface area contributed by atoms with E-state index >= 15 is 0 Å². The molecule has 7 heteroatoms. The maximum Gasteiger partial charge on any atom is 0.223 e. The van der Waals surface area contributed by atoms with Crippen molar-refractivity contribution < 1.29 is 4.79 Å². The fourth-order valence-electron chi connectivity index (χ4n) is 4.46. The Morgan fingerprint density at radius 1 is 1.11 bits per heavy atom. The zero-order valence-corrected chi connectivity index (χ0v) is 15.9. The molecule has 2 heterocycles. The molecule has 7 nitrogen and oxygen atoms in total. The van der Waals surface area contributed by atoms with Crippen molar-refractivity contribution in [1.82, 2.24) is 25.5 Å². The number of H-pyrrole nitrogens is 1. The molecule has 0 aromatic carbocycles. The lowest BCUT2D eigenvalue weighted by Crippen LogP contribution is -2.35. The third kappa shape index (κ3) is 4.28. The predicted octanol–water partition coefficient (Wildman–Crippen LogP) is 3.38. The molecule has 2 saturated carbocycles. The van der Waals surface area contributed by atoms with Crippen LogP contribution >= 0.6 is 0 Å². The predicted molar refractivity (Wildman–Crippen MR) is 104 cm³/mol. The number of nitrogens with one attached hydrogen (secondary N) is 3. The second kappa shape index (κ2) is 8.06. The molecule has 0 unspecified atom stereocenters. The van der Waals surface area contributed by atoms with Crippen molar-refractivity contribution in [3.8, 4) is 11.3 Å². The lowest BCUT2D eigenvalue weighted by atomic mass is 9.82. The van der Waals surface area contributed by atoms with Crippen molar-refractivity contribution in [3.63, 3.8) is 0 Å². The molecule has 0 saturated heterocycles. The summed E-state index contributed by atoms with van der Waals surface area (Å²) < 4.78 is 0. The Labute approximate surface area is 159 Å². The number of hydrogen-bond acceptors (Lipinski definition) is 5. The summed E-state index contributed by atoms with van der Waals surface area (Å²) in [5.74, 6) is 1.19. The topological polar surface area (TPSA) is 95.6 Å². The summed E-state index contributed by atoms with van der Waals surface area (Å²) in [6.45, 7) is 1.59. The molecule has 144 valence electrons. The first-order chi connectivity index (χ1) is 13.2. The molecule has 2 aromatic heterocycles. The largest absolute Gasteiger partial charge is 0.354 e. The third-order valence-corrected chi connectivity index (χ3v) is 5.83. The summed E-state index contributed by atoms with van der Waals surface area (Å²) in [5, 5.41) is 14.0. The number of hydrogen-bond donors (Lipinski definition) is 3. The van der Waals surface area contributed by atoms with Crippen LogP contribution in [0.1, 0.15) is 69.9 Å². The van der Waals surface area contributed by atoms with Crippen molar-refractivity contribution in [2.24, 2.45) is 0 Å². The van der Waals surface area contributed by atoms with Crippen LogP contribution in [0.3, 0.4) is 0 Å². The first-order valence-electron chi connectivity index (χ1n) is 10.1. The Hall–Kier alpha value is -2.44. The van der Waals surface area contributed by atoms with Gasteiger partial charge in [-0.2, -0.15) is 5.10 Å². The van der Waals surface area contributed by atoms with Crippen LogP contribution < -0.4 is 10.6 Å². The second-order valence-corrected chi connectivity index (χ2v) is 7.84. The second-order valence-electron chi connectivity index (χ2n) is 7.84. The van der Waals surface area contributed by atoms with E-state index in [1.807, 2.05) is 18.5 Å². The van der Waals surface area contributed by atoms with E-state index in [0.29, 0.717) is 23.9 Å². The molecule has 4 rings (SSSR count). The number of anilines is 1. The number of carbonyl (C=O) groups is 1. The first-order valence-corrected chi connectivity index (χ1v) is 10.1. The molecule has 0 spiro atoms.